The fourth-order valence-electron chi connectivity index (χ4n) is 3.45. The average molecular weight is 282 g/mol. The summed E-state index contributed by atoms with van der Waals surface area (Å²) in [4.78, 5) is 0. The fraction of sp³-hybridized carbons (Fsp3) is 0.222. The van der Waals surface area contributed by atoms with E-state index in [1.54, 1.807) is 0 Å². The van der Waals surface area contributed by atoms with Gasteiger partial charge in [-0.25, -0.2) is 0 Å². The Balaban J connectivity index is 2.10. The molecule has 0 radical (unpaired) electrons. The molecular formula is C18H16ClN. The first-order valence-corrected chi connectivity index (χ1v) is 7.50. The van der Waals surface area contributed by atoms with Crippen LogP contribution >= 0.6 is 11.6 Å². The molecule has 3 aromatic rings. The Hall–Kier alpha value is -1.57. The molecule has 100 valence electrons. The lowest BCUT2D eigenvalue weighted by molar-refractivity contribution is 0.567. The van der Waals surface area contributed by atoms with Crippen LogP contribution in [0.4, 0.5) is 0 Å². The van der Waals surface area contributed by atoms with Gasteiger partial charge in [-0.2, -0.15) is 0 Å². The fourth-order valence-corrected chi connectivity index (χ4v) is 3.94. The summed E-state index contributed by atoms with van der Waals surface area (Å²) in [6.07, 6.45) is 1.79. The minimum absolute atomic E-state index is 0.0265. The first kappa shape index (κ1) is 12.2. The van der Waals surface area contributed by atoms with E-state index in [4.69, 9.17) is 17.3 Å². The number of fused-ring (bicyclic) bond motifs is 5. The normalized spacial score (nSPS) is 22.1. The van der Waals surface area contributed by atoms with E-state index in [1.165, 1.54) is 32.7 Å². The van der Waals surface area contributed by atoms with Gasteiger partial charge in [0.2, 0.25) is 0 Å². The molecule has 0 saturated heterocycles. The lowest BCUT2D eigenvalue weighted by atomic mass is 9.84. The summed E-state index contributed by atoms with van der Waals surface area (Å²) in [5.74, 6) is 0. The average Bonchev–Trinajstić information content (AvgIpc) is 2.46. The Morgan fingerprint density at radius 2 is 1.70 bits per heavy atom. The van der Waals surface area contributed by atoms with Crippen LogP contribution in [0.25, 0.3) is 21.5 Å². The molecule has 2 N–H and O–H groups in total. The van der Waals surface area contributed by atoms with E-state index in [0.29, 0.717) is 0 Å². The van der Waals surface area contributed by atoms with E-state index in [9.17, 15) is 0 Å². The summed E-state index contributed by atoms with van der Waals surface area (Å²) >= 11 is 6.59. The number of rotatable bonds is 0. The van der Waals surface area contributed by atoms with Crippen molar-refractivity contribution in [3.63, 3.8) is 0 Å². The third kappa shape index (κ3) is 1.74. The molecule has 2 heteroatoms. The van der Waals surface area contributed by atoms with Crippen molar-refractivity contribution in [2.75, 3.05) is 0 Å². The van der Waals surface area contributed by atoms with Gasteiger partial charge in [0.05, 0.1) is 5.38 Å². The zero-order valence-electron chi connectivity index (χ0n) is 11.1. The second-order valence-electron chi connectivity index (χ2n) is 5.69. The minimum atomic E-state index is 0.0265. The number of hydrogen-bond acceptors (Lipinski definition) is 1. The molecule has 3 aromatic carbocycles. The van der Waals surface area contributed by atoms with Crippen molar-refractivity contribution in [3.05, 3.63) is 59.7 Å². The van der Waals surface area contributed by atoms with Crippen LogP contribution < -0.4 is 5.73 Å². The standard InChI is InChI=1S/C18H16ClN/c19-17-10-13(20)9-12-6-7-15-14-4-2-1-3-11(14)5-8-16(15)18(12)17/h1-8,13,17H,9-10,20H2. The summed E-state index contributed by atoms with van der Waals surface area (Å²) in [6.45, 7) is 0. The van der Waals surface area contributed by atoms with E-state index >= 15 is 0 Å². The molecule has 0 aromatic heterocycles. The monoisotopic (exact) mass is 281 g/mol. The van der Waals surface area contributed by atoms with Gasteiger partial charge in [0.25, 0.3) is 0 Å². The summed E-state index contributed by atoms with van der Waals surface area (Å²) < 4.78 is 0. The highest BCUT2D eigenvalue weighted by molar-refractivity contribution is 6.23. The number of alkyl halides is 1. The molecule has 20 heavy (non-hydrogen) atoms. The molecule has 4 rings (SSSR count). The van der Waals surface area contributed by atoms with Gasteiger partial charge in [-0.3, -0.25) is 0 Å². The largest absolute Gasteiger partial charge is 0.327 e. The Bertz CT molecular complexity index is 809. The van der Waals surface area contributed by atoms with Crippen LogP contribution in [0, 0.1) is 0 Å². The highest BCUT2D eigenvalue weighted by Gasteiger charge is 2.25. The topological polar surface area (TPSA) is 26.0 Å². The Morgan fingerprint density at radius 1 is 0.900 bits per heavy atom. The van der Waals surface area contributed by atoms with Crippen molar-refractivity contribution >= 4 is 33.1 Å². The maximum Gasteiger partial charge on any atom is 0.0608 e. The molecule has 1 nitrogen and oxygen atoms in total. The summed E-state index contributed by atoms with van der Waals surface area (Å²) in [6, 6.07) is 17.5. The Morgan fingerprint density at radius 3 is 2.60 bits per heavy atom. The number of benzene rings is 3. The van der Waals surface area contributed by atoms with Gasteiger partial charge in [-0.15, -0.1) is 11.6 Å². The second kappa shape index (κ2) is 4.47. The summed E-state index contributed by atoms with van der Waals surface area (Å²) in [5, 5.41) is 5.18. The molecule has 1 aliphatic carbocycles. The van der Waals surface area contributed by atoms with Crippen molar-refractivity contribution in [2.24, 2.45) is 5.73 Å². The number of nitrogens with two attached hydrogens (primary N) is 1. The van der Waals surface area contributed by atoms with Crippen molar-refractivity contribution in [1.29, 1.82) is 0 Å². The molecule has 0 bridgehead atoms. The van der Waals surface area contributed by atoms with Crippen molar-refractivity contribution in [1.82, 2.24) is 0 Å². The number of hydrogen-bond donors (Lipinski definition) is 1. The summed E-state index contributed by atoms with van der Waals surface area (Å²) in [7, 11) is 0. The van der Waals surface area contributed by atoms with Gasteiger partial charge in [-0.1, -0.05) is 48.5 Å². The third-order valence-electron chi connectivity index (χ3n) is 4.36. The quantitative estimate of drug-likeness (QED) is 0.475. The molecular weight excluding hydrogens is 266 g/mol. The predicted molar refractivity (Wildman–Crippen MR) is 86.3 cm³/mol. The second-order valence-corrected chi connectivity index (χ2v) is 6.21. The van der Waals surface area contributed by atoms with Crippen LogP contribution in [-0.4, -0.2) is 6.04 Å². The Labute approximate surface area is 123 Å². The van der Waals surface area contributed by atoms with Gasteiger partial charge >= 0.3 is 0 Å². The number of halogens is 1. The first-order valence-electron chi connectivity index (χ1n) is 7.07. The maximum absolute atomic E-state index is 6.59. The zero-order chi connectivity index (χ0) is 13.7. The highest BCUT2D eigenvalue weighted by Crippen LogP contribution is 2.40. The predicted octanol–water partition coefficient (Wildman–Crippen LogP) is 4.55. The lowest BCUT2D eigenvalue weighted by Gasteiger charge is -2.27. The van der Waals surface area contributed by atoms with Gasteiger partial charge in [0, 0.05) is 6.04 Å². The minimum Gasteiger partial charge on any atom is -0.327 e. The van der Waals surface area contributed by atoms with Crippen LogP contribution in [0.3, 0.4) is 0 Å². The van der Waals surface area contributed by atoms with E-state index in [1.807, 2.05) is 0 Å². The molecule has 0 spiro atoms. The lowest BCUT2D eigenvalue weighted by Crippen LogP contribution is -2.29. The third-order valence-corrected chi connectivity index (χ3v) is 4.76. The van der Waals surface area contributed by atoms with Crippen LogP contribution in [0.2, 0.25) is 0 Å². The van der Waals surface area contributed by atoms with Crippen LogP contribution in [0.5, 0.6) is 0 Å². The van der Waals surface area contributed by atoms with Crippen molar-refractivity contribution < 1.29 is 0 Å². The molecule has 0 amide bonds. The van der Waals surface area contributed by atoms with Crippen LogP contribution in [0.15, 0.2) is 48.5 Å². The zero-order valence-corrected chi connectivity index (χ0v) is 11.9. The van der Waals surface area contributed by atoms with E-state index < -0.39 is 0 Å². The molecule has 0 fully saturated rings. The SMILES string of the molecule is NC1Cc2ccc3c(ccc4ccccc43)c2C(Cl)C1. The highest BCUT2D eigenvalue weighted by atomic mass is 35.5. The van der Waals surface area contributed by atoms with Crippen molar-refractivity contribution in [3.8, 4) is 0 Å². The smallest absolute Gasteiger partial charge is 0.0608 e. The van der Waals surface area contributed by atoms with E-state index in [-0.39, 0.29) is 11.4 Å². The van der Waals surface area contributed by atoms with E-state index in [2.05, 4.69) is 48.5 Å². The maximum atomic E-state index is 6.59. The molecule has 2 unspecified atom stereocenters. The van der Waals surface area contributed by atoms with Gasteiger partial charge in [0.15, 0.2) is 0 Å². The first-order chi connectivity index (χ1) is 9.74. The molecule has 0 heterocycles. The Kier molecular flexibility index (Phi) is 2.73. The van der Waals surface area contributed by atoms with Gasteiger partial charge < -0.3 is 5.73 Å². The molecule has 2 atom stereocenters. The molecule has 0 aliphatic heterocycles. The summed E-state index contributed by atoms with van der Waals surface area (Å²) in [5.41, 5.74) is 8.69. The van der Waals surface area contributed by atoms with Crippen molar-refractivity contribution in [2.45, 2.75) is 24.3 Å². The van der Waals surface area contributed by atoms with Crippen LogP contribution in [0.1, 0.15) is 22.9 Å². The molecule has 1 aliphatic rings. The molecule has 0 saturated carbocycles. The van der Waals surface area contributed by atoms with Gasteiger partial charge in [-0.05, 0) is 45.5 Å². The van der Waals surface area contributed by atoms with Crippen LogP contribution in [-0.2, 0) is 6.42 Å². The van der Waals surface area contributed by atoms with Gasteiger partial charge in [0.1, 0.15) is 0 Å². The van der Waals surface area contributed by atoms with E-state index in [0.717, 1.165) is 12.8 Å².